The van der Waals surface area contributed by atoms with E-state index in [-0.39, 0.29) is 12.5 Å². The topological polar surface area (TPSA) is 88.5 Å². The summed E-state index contributed by atoms with van der Waals surface area (Å²) in [5.41, 5.74) is 1.28. The zero-order valence-electron chi connectivity index (χ0n) is 21.7. The van der Waals surface area contributed by atoms with Crippen LogP contribution in [0.3, 0.4) is 0 Å². The zero-order valence-corrected chi connectivity index (χ0v) is 22.6. The van der Waals surface area contributed by atoms with Crippen LogP contribution in [-0.4, -0.2) is 66.7 Å². The van der Waals surface area contributed by atoms with E-state index in [9.17, 15) is 14.1 Å². The van der Waals surface area contributed by atoms with Gasteiger partial charge in [0.25, 0.3) is 0 Å². The summed E-state index contributed by atoms with van der Waals surface area (Å²) in [4.78, 5) is 17.0. The second kappa shape index (κ2) is 13.4. The Bertz CT molecular complexity index is 1240. The summed E-state index contributed by atoms with van der Waals surface area (Å²) in [6.45, 7) is 4.39. The predicted octanol–water partition coefficient (Wildman–Crippen LogP) is 4.01. The number of hydrogen-bond acceptors (Lipinski definition) is 7. The normalized spacial score (nSPS) is 16.4. The fourth-order valence-corrected chi connectivity index (χ4v) is 6.19. The first-order valence-corrected chi connectivity index (χ1v) is 13.9. The molecule has 1 heterocycles. The molecule has 4 rings (SSSR count). The van der Waals surface area contributed by atoms with Crippen LogP contribution in [0.4, 0.5) is 5.69 Å². The van der Waals surface area contributed by atoms with Crippen LogP contribution in [-0.2, 0) is 15.6 Å². The van der Waals surface area contributed by atoms with E-state index in [0.29, 0.717) is 66.9 Å². The van der Waals surface area contributed by atoms with Crippen molar-refractivity contribution in [3.63, 3.8) is 0 Å². The molecule has 0 saturated heterocycles. The Morgan fingerprint density at radius 1 is 0.947 bits per heavy atom. The molecule has 0 radical (unpaired) electrons. The largest absolute Gasteiger partial charge is 0.497 e. The minimum atomic E-state index is -1.48. The number of methoxy groups -OCH3 is 1. The molecule has 1 aliphatic heterocycles. The Kier molecular flexibility index (Phi) is 9.75. The number of carbonyl (C=O) groups excluding carboxylic acids is 1. The van der Waals surface area contributed by atoms with E-state index in [2.05, 4.69) is 4.90 Å². The lowest BCUT2D eigenvalue weighted by Crippen LogP contribution is -2.33. The standard InChI is InChI=1S/C29H34N2O6S/c1-22(33)31-26-11-6-7-12-28(26)38(34)29(31)25-21-24(35-2)13-14-27(25)37-19-8-15-30(16-18-32)17-20-36-23-9-4-3-5-10-23/h3-7,9-14,21,29,32H,8,15-20H2,1-2H3. The lowest BCUT2D eigenvalue weighted by atomic mass is 10.1. The van der Waals surface area contributed by atoms with Crippen LogP contribution in [0.1, 0.15) is 24.3 Å². The molecule has 2 atom stereocenters. The molecule has 0 bridgehead atoms. The number of nitrogens with zero attached hydrogens (tertiary/aromatic N) is 2. The van der Waals surface area contributed by atoms with Crippen molar-refractivity contribution < 1.29 is 28.3 Å². The summed E-state index contributed by atoms with van der Waals surface area (Å²) < 4.78 is 30.9. The average Bonchev–Trinajstić information content (AvgIpc) is 3.24. The van der Waals surface area contributed by atoms with Crippen LogP contribution in [0.15, 0.2) is 77.7 Å². The van der Waals surface area contributed by atoms with Gasteiger partial charge in [-0.05, 0) is 48.9 Å². The van der Waals surface area contributed by atoms with Crippen LogP contribution in [0.5, 0.6) is 17.2 Å². The molecule has 1 amide bonds. The first kappa shape index (κ1) is 27.6. The van der Waals surface area contributed by atoms with E-state index in [4.69, 9.17) is 14.2 Å². The number of ether oxygens (including phenoxy) is 3. The molecule has 2 unspecified atom stereocenters. The van der Waals surface area contributed by atoms with Gasteiger partial charge in [-0.2, -0.15) is 0 Å². The molecule has 38 heavy (non-hydrogen) atoms. The molecule has 9 heteroatoms. The second-order valence-electron chi connectivity index (χ2n) is 8.84. The van der Waals surface area contributed by atoms with Gasteiger partial charge in [-0.15, -0.1) is 0 Å². The van der Waals surface area contributed by atoms with Gasteiger partial charge in [-0.25, -0.2) is 0 Å². The number of aliphatic hydroxyl groups is 1. The van der Waals surface area contributed by atoms with Gasteiger partial charge < -0.3 is 19.3 Å². The van der Waals surface area contributed by atoms with Gasteiger partial charge in [0.05, 0.1) is 41.7 Å². The van der Waals surface area contributed by atoms with Crippen LogP contribution in [0.2, 0.25) is 0 Å². The van der Waals surface area contributed by atoms with Gasteiger partial charge in [0.1, 0.15) is 29.2 Å². The minimum absolute atomic E-state index is 0.0593. The number of aliphatic hydroxyl groups excluding tert-OH is 1. The summed E-state index contributed by atoms with van der Waals surface area (Å²) in [5.74, 6) is 1.78. The predicted molar refractivity (Wildman–Crippen MR) is 147 cm³/mol. The van der Waals surface area contributed by atoms with E-state index in [0.717, 1.165) is 5.75 Å². The Balaban J connectivity index is 1.42. The van der Waals surface area contributed by atoms with E-state index in [1.165, 1.54) is 6.92 Å². The highest BCUT2D eigenvalue weighted by Gasteiger charge is 2.41. The highest BCUT2D eigenvalue weighted by molar-refractivity contribution is 7.86. The Labute approximate surface area is 226 Å². The lowest BCUT2D eigenvalue weighted by molar-refractivity contribution is -0.116. The molecule has 0 saturated carbocycles. The summed E-state index contributed by atoms with van der Waals surface area (Å²) in [6, 6.07) is 22.3. The zero-order chi connectivity index (χ0) is 26.9. The number of rotatable bonds is 13. The van der Waals surface area contributed by atoms with Crippen molar-refractivity contribution in [2.45, 2.75) is 23.6 Å². The first-order chi connectivity index (χ1) is 18.5. The van der Waals surface area contributed by atoms with E-state index in [1.54, 1.807) is 36.3 Å². The first-order valence-electron chi connectivity index (χ1n) is 12.6. The molecule has 0 fully saturated rings. The summed E-state index contributed by atoms with van der Waals surface area (Å²) in [5, 5.41) is 8.76. The number of amides is 1. The van der Waals surface area contributed by atoms with Crippen molar-refractivity contribution in [3.05, 3.63) is 78.4 Å². The van der Waals surface area contributed by atoms with Crippen LogP contribution in [0.25, 0.3) is 0 Å². The number of fused-ring (bicyclic) bond motifs is 1. The van der Waals surface area contributed by atoms with Gasteiger partial charge >= 0.3 is 0 Å². The Morgan fingerprint density at radius 3 is 2.45 bits per heavy atom. The van der Waals surface area contributed by atoms with E-state index in [1.807, 2.05) is 48.5 Å². The smallest absolute Gasteiger partial charge is 0.225 e. The van der Waals surface area contributed by atoms with E-state index < -0.39 is 16.2 Å². The average molecular weight is 539 g/mol. The molecule has 0 spiro atoms. The summed E-state index contributed by atoms with van der Waals surface area (Å²) >= 11 is 0. The number of para-hydroxylation sites is 2. The minimum Gasteiger partial charge on any atom is -0.497 e. The Morgan fingerprint density at radius 2 is 1.71 bits per heavy atom. The summed E-state index contributed by atoms with van der Waals surface area (Å²) in [7, 11) is 0.0943. The highest BCUT2D eigenvalue weighted by Crippen LogP contribution is 2.46. The number of anilines is 1. The molecule has 202 valence electrons. The Hall–Kier alpha value is -3.40. The fourth-order valence-electron chi connectivity index (χ4n) is 4.49. The number of carbonyl (C=O) groups is 1. The maximum absolute atomic E-state index is 13.5. The van der Waals surface area contributed by atoms with Crippen LogP contribution >= 0.6 is 0 Å². The van der Waals surface area contributed by atoms with Crippen molar-refractivity contribution in [3.8, 4) is 17.2 Å². The van der Waals surface area contributed by atoms with Gasteiger partial charge in [-0.1, -0.05) is 30.3 Å². The SMILES string of the molecule is COc1ccc(OCCCN(CCO)CCOc2ccccc2)c(C2N(C(C)=O)c3ccccc3S2=O)c1. The molecular formula is C29H34N2O6S. The maximum Gasteiger partial charge on any atom is 0.225 e. The van der Waals surface area contributed by atoms with Crippen LogP contribution < -0.4 is 19.1 Å². The van der Waals surface area contributed by atoms with Crippen LogP contribution in [0, 0.1) is 0 Å². The molecule has 0 aromatic heterocycles. The fraction of sp³-hybridized carbons (Fsp3) is 0.345. The van der Waals surface area contributed by atoms with E-state index >= 15 is 0 Å². The van der Waals surface area contributed by atoms with Gasteiger partial charge in [0.15, 0.2) is 0 Å². The van der Waals surface area contributed by atoms with Crippen molar-refractivity contribution >= 4 is 22.4 Å². The third kappa shape index (κ3) is 6.53. The van der Waals surface area contributed by atoms with Gasteiger partial charge in [0.2, 0.25) is 5.91 Å². The van der Waals surface area contributed by atoms with Crippen molar-refractivity contribution in [1.82, 2.24) is 4.90 Å². The van der Waals surface area contributed by atoms with Crippen molar-refractivity contribution in [1.29, 1.82) is 0 Å². The molecule has 1 aliphatic rings. The van der Waals surface area contributed by atoms with Gasteiger partial charge in [-0.3, -0.25) is 18.8 Å². The van der Waals surface area contributed by atoms with Gasteiger partial charge in [0, 0.05) is 32.1 Å². The lowest BCUT2D eigenvalue weighted by Gasteiger charge is -2.25. The molecule has 3 aromatic carbocycles. The number of benzene rings is 3. The molecule has 0 aliphatic carbocycles. The monoisotopic (exact) mass is 538 g/mol. The molecular weight excluding hydrogens is 504 g/mol. The number of hydrogen-bond donors (Lipinski definition) is 1. The molecule has 1 N–H and O–H groups in total. The molecule has 8 nitrogen and oxygen atoms in total. The third-order valence-corrected chi connectivity index (χ3v) is 7.96. The third-order valence-electron chi connectivity index (χ3n) is 6.31. The van der Waals surface area contributed by atoms with Crippen molar-refractivity contribution in [2.75, 3.05) is 51.5 Å². The molecule has 3 aromatic rings. The summed E-state index contributed by atoms with van der Waals surface area (Å²) in [6.07, 6.45) is 0.710. The quantitative estimate of drug-likeness (QED) is 0.329. The second-order valence-corrected chi connectivity index (χ2v) is 10.3. The highest BCUT2D eigenvalue weighted by atomic mass is 32.2. The van der Waals surface area contributed by atoms with Crippen molar-refractivity contribution in [2.24, 2.45) is 0 Å². The maximum atomic E-state index is 13.5.